The topological polar surface area (TPSA) is 46.5 Å². The van der Waals surface area contributed by atoms with Crippen LogP contribution in [0.15, 0.2) is 0 Å². The van der Waals surface area contributed by atoms with Crippen molar-refractivity contribution in [2.24, 2.45) is 29.6 Å². The van der Waals surface area contributed by atoms with E-state index in [9.17, 15) is 9.90 Å². The first-order valence-corrected chi connectivity index (χ1v) is 12.0. The molecule has 0 aromatic heterocycles. The Labute approximate surface area is 174 Å². The molecule has 0 bridgehead atoms. The quantitative estimate of drug-likeness (QED) is 0.508. The molecule has 2 aliphatic carbocycles. The van der Waals surface area contributed by atoms with Crippen LogP contribution in [0.25, 0.3) is 0 Å². The van der Waals surface area contributed by atoms with E-state index in [0.29, 0.717) is 12.3 Å². The number of aliphatic hydroxyl groups is 1. The molecule has 2 rings (SSSR count). The molecule has 0 heterocycles. The molecular formula is C25H46O3. The van der Waals surface area contributed by atoms with Gasteiger partial charge in [-0.15, -0.1) is 0 Å². The third-order valence-corrected chi connectivity index (χ3v) is 7.49. The van der Waals surface area contributed by atoms with Crippen molar-refractivity contribution in [2.75, 3.05) is 6.61 Å². The van der Waals surface area contributed by atoms with Gasteiger partial charge in [0, 0.05) is 6.42 Å². The van der Waals surface area contributed by atoms with Gasteiger partial charge in [-0.25, -0.2) is 0 Å². The predicted octanol–water partition coefficient (Wildman–Crippen LogP) is 6.17. The molecule has 28 heavy (non-hydrogen) atoms. The van der Waals surface area contributed by atoms with Crippen molar-refractivity contribution in [1.82, 2.24) is 0 Å². The first kappa shape index (κ1) is 23.9. The average Bonchev–Trinajstić information content (AvgIpc) is 2.65. The van der Waals surface area contributed by atoms with Crippen LogP contribution >= 0.6 is 0 Å². The molecule has 2 fully saturated rings. The molecular weight excluding hydrogens is 348 g/mol. The number of rotatable bonds is 9. The molecule has 0 aromatic carbocycles. The third kappa shape index (κ3) is 8.14. The molecule has 0 radical (unpaired) electrons. The van der Waals surface area contributed by atoms with Crippen molar-refractivity contribution < 1.29 is 14.6 Å². The average molecular weight is 395 g/mol. The van der Waals surface area contributed by atoms with Crippen LogP contribution in [0.4, 0.5) is 0 Å². The minimum absolute atomic E-state index is 0.0435. The molecule has 1 N–H and O–H groups in total. The second kappa shape index (κ2) is 11.1. The van der Waals surface area contributed by atoms with E-state index >= 15 is 0 Å². The number of ether oxygens (including phenoxy) is 1. The summed E-state index contributed by atoms with van der Waals surface area (Å²) in [6.45, 7) is 11.1. The molecule has 0 saturated heterocycles. The third-order valence-electron chi connectivity index (χ3n) is 7.49. The van der Waals surface area contributed by atoms with Crippen molar-refractivity contribution in [1.29, 1.82) is 0 Å². The molecule has 2 aliphatic rings. The van der Waals surface area contributed by atoms with Gasteiger partial charge in [0.25, 0.3) is 0 Å². The number of hydrogen-bond donors (Lipinski definition) is 1. The number of carbonyl (C=O) groups is 1. The summed E-state index contributed by atoms with van der Waals surface area (Å²) in [6, 6.07) is 0. The molecule has 0 amide bonds. The molecule has 3 nitrogen and oxygen atoms in total. The maximum absolute atomic E-state index is 12.2. The number of carbonyl (C=O) groups excluding carboxylic acids is 1. The zero-order valence-electron chi connectivity index (χ0n) is 19.2. The summed E-state index contributed by atoms with van der Waals surface area (Å²) < 4.78 is 5.65. The molecule has 2 saturated carbocycles. The largest absolute Gasteiger partial charge is 0.393 e. The van der Waals surface area contributed by atoms with Crippen LogP contribution in [0, 0.1) is 29.6 Å². The summed E-state index contributed by atoms with van der Waals surface area (Å²) in [4.78, 5) is 12.2. The van der Waals surface area contributed by atoms with E-state index in [4.69, 9.17) is 4.74 Å². The lowest BCUT2D eigenvalue weighted by molar-refractivity contribution is -0.129. The van der Waals surface area contributed by atoms with Crippen LogP contribution < -0.4 is 0 Å². The monoisotopic (exact) mass is 394 g/mol. The van der Waals surface area contributed by atoms with Gasteiger partial charge in [0.1, 0.15) is 6.61 Å². The highest BCUT2D eigenvalue weighted by Gasteiger charge is 2.31. The fraction of sp³-hybridized carbons (Fsp3) is 0.960. The SMILES string of the molecule is CCC(CC(C)C1CCC(CC(=O)COC(C)(C)C)CC1)C1CCC(O)CC1. The Bertz CT molecular complexity index is 451. The standard InChI is InChI=1S/C25H46O3/c1-6-20(22-11-13-23(26)14-12-22)15-18(2)21-9-7-19(8-10-21)16-24(27)17-28-25(3,4)5/h18-23,26H,6-17H2,1-5H3. The van der Waals surface area contributed by atoms with Crippen LogP contribution in [0.1, 0.15) is 105 Å². The summed E-state index contributed by atoms with van der Waals surface area (Å²) in [5.74, 6) is 4.13. The Hall–Kier alpha value is -0.410. The van der Waals surface area contributed by atoms with E-state index in [1.165, 1.54) is 51.4 Å². The molecule has 0 aromatic rings. The van der Waals surface area contributed by atoms with Gasteiger partial charge in [0.15, 0.2) is 5.78 Å². The van der Waals surface area contributed by atoms with E-state index in [1.807, 2.05) is 20.8 Å². The first-order valence-electron chi connectivity index (χ1n) is 12.0. The number of aliphatic hydroxyl groups excluding tert-OH is 1. The summed E-state index contributed by atoms with van der Waals surface area (Å²) in [6.07, 6.45) is 12.8. The maximum Gasteiger partial charge on any atom is 0.158 e. The second-order valence-electron chi connectivity index (χ2n) is 10.9. The Kier molecular flexibility index (Phi) is 9.47. The van der Waals surface area contributed by atoms with Crippen LogP contribution in [0.5, 0.6) is 0 Å². The molecule has 0 spiro atoms. The Morgan fingerprint density at radius 3 is 2.11 bits per heavy atom. The van der Waals surface area contributed by atoms with Crippen molar-refractivity contribution in [3.8, 4) is 0 Å². The van der Waals surface area contributed by atoms with E-state index in [0.717, 1.165) is 36.5 Å². The molecule has 0 aliphatic heterocycles. The van der Waals surface area contributed by atoms with Crippen LogP contribution in [0.3, 0.4) is 0 Å². The van der Waals surface area contributed by atoms with Crippen LogP contribution in [0.2, 0.25) is 0 Å². The molecule has 164 valence electrons. The van der Waals surface area contributed by atoms with E-state index in [2.05, 4.69) is 13.8 Å². The fourth-order valence-electron chi connectivity index (χ4n) is 5.57. The lowest BCUT2D eigenvalue weighted by Crippen LogP contribution is -2.28. The number of ketones is 1. The minimum atomic E-state index is -0.227. The maximum atomic E-state index is 12.2. The fourth-order valence-corrected chi connectivity index (χ4v) is 5.57. The van der Waals surface area contributed by atoms with Gasteiger partial charge < -0.3 is 9.84 Å². The first-order chi connectivity index (χ1) is 13.2. The van der Waals surface area contributed by atoms with Crippen molar-refractivity contribution in [2.45, 2.75) is 117 Å². The summed E-state index contributed by atoms with van der Waals surface area (Å²) in [5.41, 5.74) is -0.227. The predicted molar refractivity (Wildman–Crippen MR) is 116 cm³/mol. The lowest BCUT2D eigenvalue weighted by Gasteiger charge is -2.37. The van der Waals surface area contributed by atoms with Gasteiger partial charge in [-0.2, -0.15) is 0 Å². The van der Waals surface area contributed by atoms with Gasteiger partial charge in [-0.05, 0) is 108 Å². The Morgan fingerprint density at radius 1 is 1.00 bits per heavy atom. The van der Waals surface area contributed by atoms with E-state index < -0.39 is 0 Å². The van der Waals surface area contributed by atoms with Crippen molar-refractivity contribution >= 4 is 5.78 Å². The minimum Gasteiger partial charge on any atom is -0.393 e. The summed E-state index contributed by atoms with van der Waals surface area (Å²) in [5, 5.41) is 9.80. The van der Waals surface area contributed by atoms with Gasteiger partial charge >= 0.3 is 0 Å². The summed E-state index contributed by atoms with van der Waals surface area (Å²) >= 11 is 0. The van der Waals surface area contributed by atoms with Gasteiger partial charge in [-0.1, -0.05) is 20.3 Å². The smallest absolute Gasteiger partial charge is 0.158 e. The highest BCUT2D eigenvalue weighted by molar-refractivity contribution is 5.79. The van der Waals surface area contributed by atoms with Crippen LogP contribution in [-0.2, 0) is 9.53 Å². The van der Waals surface area contributed by atoms with E-state index in [1.54, 1.807) is 0 Å². The number of hydrogen-bond acceptors (Lipinski definition) is 3. The Morgan fingerprint density at radius 2 is 1.57 bits per heavy atom. The van der Waals surface area contributed by atoms with Gasteiger partial charge in [-0.3, -0.25) is 4.79 Å². The highest BCUT2D eigenvalue weighted by Crippen LogP contribution is 2.41. The zero-order valence-corrected chi connectivity index (χ0v) is 19.2. The highest BCUT2D eigenvalue weighted by atomic mass is 16.5. The molecule has 2 atom stereocenters. The van der Waals surface area contributed by atoms with Crippen molar-refractivity contribution in [3.63, 3.8) is 0 Å². The van der Waals surface area contributed by atoms with Gasteiger partial charge in [0.05, 0.1) is 11.7 Å². The van der Waals surface area contributed by atoms with E-state index in [-0.39, 0.29) is 24.1 Å². The van der Waals surface area contributed by atoms with Crippen LogP contribution in [-0.4, -0.2) is 29.2 Å². The Balaban J connectivity index is 1.70. The summed E-state index contributed by atoms with van der Waals surface area (Å²) in [7, 11) is 0. The zero-order chi connectivity index (χ0) is 20.7. The lowest BCUT2D eigenvalue weighted by atomic mass is 9.69. The molecule has 3 heteroatoms. The normalized spacial score (nSPS) is 31.4. The molecule has 2 unspecified atom stereocenters. The second-order valence-corrected chi connectivity index (χ2v) is 10.9. The van der Waals surface area contributed by atoms with Crippen molar-refractivity contribution in [3.05, 3.63) is 0 Å². The van der Waals surface area contributed by atoms with Gasteiger partial charge in [0.2, 0.25) is 0 Å². The number of Topliss-reactive ketones (excluding diaryl/α,β-unsaturated/α-hetero) is 1.